The fourth-order valence-corrected chi connectivity index (χ4v) is 4.01. The number of fused-ring (bicyclic) bond motifs is 1. The first-order valence-corrected chi connectivity index (χ1v) is 10.1. The summed E-state index contributed by atoms with van der Waals surface area (Å²) in [5.41, 5.74) is 1.34. The zero-order chi connectivity index (χ0) is 21.0. The SMILES string of the molecule is CCC1(CC)NC(=O)N(CC(=O)OCC(=O)N[C@H]2CCCc3ccccc32)C1=O. The van der Waals surface area contributed by atoms with E-state index in [1.54, 1.807) is 13.8 Å². The summed E-state index contributed by atoms with van der Waals surface area (Å²) >= 11 is 0. The Balaban J connectivity index is 1.51. The standard InChI is InChI=1S/C21H27N3O5/c1-3-21(4-2)19(27)24(20(28)23-21)12-18(26)29-13-17(25)22-16-11-7-9-14-8-5-6-10-15(14)16/h5-6,8,10,16H,3-4,7,9,11-13H2,1-2H3,(H,22,25)(H,23,28)/t16-/m0/s1. The van der Waals surface area contributed by atoms with Crippen molar-refractivity contribution in [1.29, 1.82) is 0 Å². The predicted octanol–water partition coefficient (Wildman–Crippen LogP) is 1.83. The molecule has 1 heterocycles. The van der Waals surface area contributed by atoms with Crippen LogP contribution in [0, 0.1) is 0 Å². The molecule has 0 radical (unpaired) electrons. The van der Waals surface area contributed by atoms with Gasteiger partial charge in [0.25, 0.3) is 11.8 Å². The molecule has 1 aromatic rings. The van der Waals surface area contributed by atoms with Crippen LogP contribution in [0.15, 0.2) is 24.3 Å². The Morgan fingerprint density at radius 1 is 1.24 bits per heavy atom. The first-order valence-electron chi connectivity index (χ1n) is 10.1. The number of hydrogen-bond donors (Lipinski definition) is 2. The third-order valence-electron chi connectivity index (χ3n) is 5.81. The molecule has 156 valence electrons. The van der Waals surface area contributed by atoms with Crippen molar-refractivity contribution in [2.24, 2.45) is 0 Å². The van der Waals surface area contributed by atoms with E-state index in [1.165, 1.54) is 5.56 Å². The van der Waals surface area contributed by atoms with Gasteiger partial charge in [-0.3, -0.25) is 19.3 Å². The van der Waals surface area contributed by atoms with Crippen molar-refractivity contribution in [2.45, 2.75) is 57.5 Å². The number of carbonyl (C=O) groups excluding carboxylic acids is 4. The molecule has 0 unspecified atom stereocenters. The third-order valence-corrected chi connectivity index (χ3v) is 5.81. The van der Waals surface area contributed by atoms with E-state index >= 15 is 0 Å². The fraction of sp³-hybridized carbons (Fsp3) is 0.524. The second kappa shape index (κ2) is 8.63. The highest BCUT2D eigenvalue weighted by atomic mass is 16.5. The monoisotopic (exact) mass is 401 g/mol. The molecule has 1 aliphatic heterocycles. The van der Waals surface area contributed by atoms with Gasteiger partial charge in [0, 0.05) is 0 Å². The van der Waals surface area contributed by atoms with Crippen molar-refractivity contribution in [3.05, 3.63) is 35.4 Å². The highest BCUT2D eigenvalue weighted by molar-refractivity contribution is 6.08. The van der Waals surface area contributed by atoms with Crippen molar-refractivity contribution in [2.75, 3.05) is 13.2 Å². The molecule has 3 rings (SSSR count). The summed E-state index contributed by atoms with van der Waals surface area (Å²) in [6.07, 6.45) is 3.66. The van der Waals surface area contributed by atoms with E-state index in [-0.39, 0.29) is 6.04 Å². The average Bonchev–Trinajstić information content (AvgIpc) is 2.97. The van der Waals surface area contributed by atoms with Gasteiger partial charge in [-0.1, -0.05) is 38.1 Å². The number of hydrogen-bond acceptors (Lipinski definition) is 5. The number of imide groups is 1. The molecule has 0 saturated carbocycles. The van der Waals surface area contributed by atoms with Gasteiger partial charge in [-0.05, 0) is 43.2 Å². The Bertz CT molecular complexity index is 818. The molecule has 1 aromatic carbocycles. The van der Waals surface area contributed by atoms with Gasteiger partial charge in [-0.25, -0.2) is 4.79 Å². The zero-order valence-electron chi connectivity index (χ0n) is 16.8. The van der Waals surface area contributed by atoms with Gasteiger partial charge in [-0.15, -0.1) is 0 Å². The topological polar surface area (TPSA) is 105 Å². The van der Waals surface area contributed by atoms with Gasteiger partial charge in [0.2, 0.25) is 0 Å². The summed E-state index contributed by atoms with van der Waals surface area (Å²) in [6, 6.07) is 7.25. The summed E-state index contributed by atoms with van der Waals surface area (Å²) in [6.45, 7) is 2.65. The van der Waals surface area contributed by atoms with Crippen molar-refractivity contribution in [3.63, 3.8) is 0 Å². The van der Waals surface area contributed by atoms with Crippen LogP contribution < -0.4 is 10.6 Å². The van der Waals surface area contributed by atoms with Gasteiger partial charge in [0.1, 0.15) is 12.1 Å². The normalized spacial score (nSPS) is 20.1. The number of aryl methyl sites for hydroxylation is 1. The van der Waals surface area contributed by atoms with Crippen LogP contribution >= 0.6 is 0 Å². The maximum atomic E-state index is 12.5. The maximum Gasteiger partial charge on any atom is 0.326 e. The summed E-state index contributed by atoms with van der Waals surface area (Å²) < 4.78 is 5.00. The number of amides is 4. The number of nitrogens with zero attached hydrogens (tertiary/aromatic N) is 1. The number of carbonyl (C=O) groups is 4. The quantitative estimate of drug-likeness (QED) is 0.536. The van der Waals surface area contributed by atoms with E-state index in [0.717, 1.165) is 29.7 Å². The highest BCUT2D eigenvalue weighted by Crippen LogP contribution is 2.29. The molecular formula is C21H27N3O5. The second-order valence-electron chi connectivity index (χ2n) is 7.48. The Labute approximate surface area is 170 Å². The second-order valence-corrected chi connectivity index (χ2v) is 7.48. The van der Waals surface area contributed by atoms with Crippen molar-refractivity contribution >= 4 is 23.8 Å². The lowest BCUT2D eigenvalue weighted by molar-refractivity contribution is -0.151. The molecule has 0 spiro atoms. The number of rotatable bonds is 7. The largest absolute Gasteiger partial charge is 0.454 e. The molecule has 2 aliphatic rings. The molecule has 0 bridgehead atoms. The number of esters is 1. The number of urea groups is 1. The lowest BCUT2D eigenvalue weighted by Crippen LogP contribution is -2.46. The molecule has 1 saturated heterocycles. The Morgan fingerprint density at radius 2 is 1.97 bits per heavy atom. The highest BCUT2D eigenvalue weighted by Gasteiger charge is 2.49. The Morgan fingerprint density at radius 3 is 2.66 bits per heavy atom. The first-order chi connectivity index (χ1) is 13.9. The van der Waals surface area contributed by atoms with Gasteiger partial charge in [-0.2, -0.15) is 0 Å². The molecule has 1 fully saturated rings. The molecule has 2 N–H and O–H groups in total. The number of nitrogens with one attached hydrogen (secondary N) is 2. The van der Waals surface area contributed by atoms with Crippen LogP contribution in [0.4, 0.5) is 4.79 Å². The molecule has 4 amide bonds. The first kappa shape index (κ1) is 20.8. The molecule has 1 aliphatic carbocycles. The summed E-state index contributed by atoms with van der Waals surface area (Å²) in [5, 5.41) is 5.55. The minimum absolute atomic E-state index is 0.105. The molecular weight excluding hydrogens is 374 g/mol. The minimum Gasteiger partial charge on any atom is -0.454 e. The summed E-state index contributed by atoms with van der Waals surface area (Å²) in [4.78, 5) is 49.8. The minimum atomic E-state index is -0.969. The maximum absolute atomic E-state index is 12.5. The lowest BCUT2D eigenvalue weighted by atomic mass is 9.88. The Kier molecular flexibility index (Phi) is 6.20. The van der Waals surface area contributed by atoms with Crippen molar-refractivity contribution in [1.82, 2.24) is 15.5 Å². The van der Waals surface area contributed by atoms with Crippen molar-refractivity contribution < 1.29 is 23.9 Å². The van der Waals surface area contributed by atoms with Crippen LogP contribution in [0.5, 0.6) is 0 Å². The van der Waals surface area contributed by atoms with Crippen LogP contribution in [-0.4, -0.2) is 47.4 Å². The number of benzene rings is 1. The Hall–Kier alpha value is -2.90. The summed E-state index contributed by atoms with van der Waals surface area (Å²) in [5.74, 6) is -1.64. The lowest BCUT2D eigenvalue weighted by Gasteiger charge is -2.26. The van der Waals surface area contributed by atoms with Crippen LogP contribution in [0.3, 0.4) is 0 Å². The van der Waals surface area contributed by atoms with Crippen LogP contribution in [-0.2, 0) is 25.5 Å². The predicted molar refractivity (Wildman–Crippen MR) is 105 cm³/mol. The van der Waals surface area contributed by atoms with Gasteiger partial charge in [0.15, 0.2) is 6.61 Å². The zero-order valence-corrected chi connectivity index (χ0v) is 16.8. The van der Waals surface area contributed by atoms with E-state index in [1.807, 2.05) is 18.2 Å². The van der Waals surface area contributed by atoms with E-state index < -0.39 is 42.5 Å². The van der Waals surface area contributed by atoms with Gasteiger partial charge < -0.3 is 15.4 Å². The molecule has 8 heteroatoms. The smallest absolute Gasteiger partial charge is 0.326 e. The van der Waals surface area contributed by atoms with Crippen LogP contribution in [0.1, 0.15) is 56.7 Å². The molecule has 0 aromatic heterocycles. The average molecular weight is 401 g/mol. The van der Waals surface area contributed by atoms with Crippen LogP contribution in [0.25, 0.3) is 0 Å². The molecule has 1 atom stereocenters. The molecule has 29 heavy (non-hydrogen) atoms. The van der Waals surface area contributed by atoms with Gasteiger partial charge >= 0.3 is 12.0 Å². The van der Waals surface area contributed by atoms with Crippen LogP contribution in [0.2, 0.25) is 0 Å². The summed E-state index contributed by atoms with van der Waals surface area (Å²) in [7, 11) is 0. The van der Waals surface area contributed by atoms with E-state index in [4.69, 9.17) is 4.74 Å². The van der Waals surface area contributed by atoms with E-state index in [9.17, 15) is 19.2 Å². The van der Waals surface area contributed by atoms with E-state index in [2.05, 4.69) is 16.7 Å². The van der Waals surface area contributed by atoms with Gasteiger partial charge in [0.05, 0.1) is 6.04 Å². The number of ether oxygens (including phenoxy) is 1. The third kappa shape index (κ3) is 4.26. The fourth-order valence-electron chi connectivity index (χ4n) is 4.01. The van der Waals surface area contributed by atoms with E-state index in [0.29, 0.717) is 12.8 Å². The van der Waals surface area contributed by atoms with Crippen molar-refractivity contribution in [3.8, 4) is 0 Å². The molecule has 8 nitrogen and oxygen atoms in total.